The van der Waals surface area contributed by atoms with E-state index in [9.17, 15) is 4.79 Å². The number of aromatic nitrogens is 2. The molecule has 0 atom stereocenters. The number of methoxy groups -OCH3 is 1. The highest BCUT2D eigenvalue weighted by Gasteiger charge is 2.09. The van der Waals surface area contributed by atoms with Crippen molar-refractivity contribution in [2.24, 2.45) is 0 Å². The number of H-pyrrole nitrogens is 1. The monoisotopic (exact) mass is 236 g/mol. The molecule has 0 saturated carbocycles. The lowest BCUT2D eigenvalue weighted by atomic mass is 10.1. The van der Waals surface area contributed by atoms with Crippen LogP contribution in [-0.2, 0) is 16.0 Å². The molecule has 0 aliphatic heterocycles. The van der Waals surface area contributed by atoms with Gasteiger partial charge in [-0.05, 0) is 23.4 Å². The average molecular weight is 236 g/mol. The molecule has 4 nitrogen and oxygen atoms in total. The van der Waals surface area contributed by atoms with E-state index in [0.29, 0.717) is 12.8 Å². The quantitative estimate of drug-likeness (QED) is 0.828. The molecule has 0 amide bonds. The Labute approximate surface area is 97.3 Å². The fraction of sp³-hybridized carbons (Fsp3) is 0.273. The van der Waals surface area contributed by atoms with E-state index in [-0.39, 0.29) is 5.97 Å². The van der Waals surface area contributed by atoms with Gasteiger partial charge in [-0.1, -0.05) is 0 Å². The number of thiophene rings is 1. The molecule has 0 unspecified atom stereocenters. The summed E-state index contributed by atoms with van der Waals surface area (Å²) in [4.78, 5) is 11.1. The summed E-state index contributed by atoms with van der Waals surface area (Å²) in [6.07, 6.45) is 2.79. The largest absolute Gasteiger partial charge is 0.469 e. The second-order valence-electron chi connectivity index (χ2n) is 3.36. The Morgan fingerprint density at radius 1 is 1.62 bits per heavy atom. The van der Waals surface area contributed by atoms with E-state index in [0.717, 1.165) is 16.8 Å². The van der Waals surface area contributed by atoms with Gasteiger partial charge in [0.15, 0.2) is 0 Å². The summed E-state index contributed by atoms with van der Waals surface area (Å²) in [6.45, 7) is 0. The number of ether oxygens (including phenoxy) is 1. The molecular weight excluding hydrogens is 224 g/mol. The minimum Gasteiger partial charge on any atom is -0.469 e. The van der Waals surface area contributed by atoms with E-state index < -0.39 is 0 Å². The van der Waals surface area contributed by atoms with Gasteiger partial charge in [0.25, 0.3) is 0 Å². The summed E-state index contributed by atoms with van der Waals surface area (Å²) in [6, 6.07) is 2.03. The van der Waals surface area contributed by atoms with Crippen molar-refractivity contribution >= 4 is 17.3 Å². The van der Waals surface area contributed by atoms with Crippen molar-refractivity contribution in [2.75, 3.05) is 7.11 Å². The lowest BCUT2D eigenvalue weighted by Gasteiger charge is -2.00. The van der Waals surface area contributed by atoms with Gasteiger partial charge in [0.05, 0.1) is 19.0 Å². The zero-order chi connectivity index (χ0) is 11.4. The Bertz CT molecular complexity index is 462. The average Bonchev–Trinajstić information content (AvgIpc) is 2.95. The van der Waals surface area contributed by atoms with Gasteiger partial charge >= 0.3 is 5.97 Å². The van der Waals surface area contributed by atoms with Crippen LogP contribution in [0.15, 0.2) is 23.0 Å². The van der Waals surface area contributed by atoms with E-state index >= 15 is 0 Å². The Balaban J connectivity index is 2.11. The van der Waals surface area contributed by atoms with Crippen LogP contribution in [0.1, 0.15) is 12.0 Å². The first-order chi connectivity index (χ1) is 7.81. The van der Waals surface area contributed by atoms with Crippen LogP contribution >= 0.6 is 11.3 Å². The normalized spacial score (nSPS) is 10.3. The van der Waals surface area contributed by atoms with Crippen molar-refractivity contribution in [1.29, 1.82) is 0 Å². The minimum atomic E-state index is -0.197. The van der Waals surface area contributed by atoms with E-state index in [1.54, 1.807) is 17.5 Å². The summed E-state index contributed by atoms with van der Waals surface area (Å²) in [5, 5.41) is 11.0. The van der Waals surface area contributed by atoms with Crippen LogP contribution in [0.5, 0.6) is 0 Å². The molecule has 0 radical (unpaired) electrons. The number of nitrogens with zero attached hydrogens (tertiary/aromatic N) is 1. The molecule has 0 bridgehead atoms. The molecule has 2 rings (SSSR count). The predicted molar refractivity (Wildman–Crippen MR) is 62.2 cm³/mol. The van der Waals surface area contributed by atoms with Gasteiger partial charge in [-0.3, -0.25) is 9.89 Å². The van der Waals surface area contributed by atoms with Crippen molar-refractivity contribution in [3.05, 3.63) is 28.6 Å². The van der Waals surface area contributed by atoms with Crippen molar-refractivity contribution in [3.63, 3.8) is 0 Å². The first kappa shape index (κ1) is 10.9. The molecule has 0 spiro atoms. The summed E-state index contributed by atoms with van der Waals surface area (Å²) in [5.41, 5.74) is 3.15. The third kappa shape index (κ3) is 2.30. The molecule has 5 heteroatoms. The summed E-state index contributed by atoms with van der Waals surface area (Å²) < 4.78 is 4.61. The van der Waals surface area contributed by atoms with Crippen LogP contribution in [0.3, 0.4) is 0 Å². The van der Waals surface area contributed by atoms with Gasteiger partial charge in [0.1, 0.15) is 0 Å². The van der Waals surface area contributed by atoms with E-state index in [4.69, 9.17) is 0 Å². The molecule has 0 aliphatic rings. The maximum Gasteiger partial charge on any atom is 0.305 e. The first-order valence-electron chi connectivity index (χ1n) is 4.93. The molecular formula is C11H12N2O2S. The topological polar surface area (TPSA) is 55.0 Å². The lowest BCUT2D eigenvalue weighted by Crippen LogP contribution is -2.01. The predicted octanol–water partition coefficient (Wildman–Crippen LogP) is 2.24. The molecule has 2 aromatic heterocycles. The highest BCUT2D eigenvalue weighted by molar-refractivity contribution is 7.08. The first-order valence-corrected chi connectivity index (χ1v) is 5.87. The number of aryl methyl sites for hydroxylation is 1. The second kappa shape index (κ2) is 4.94. The van der Waals surface area contributed by atoms with Gasteiger partial charge in [0, 0.05) is 17.4 Å². The second-order valence-corrected chi connectivity index (χ2v) is 4.14. The lowest BCUT2D eigenvalue weighted by molar-refractivity contribution is -0.140. The van der Waals surface area contributed by atoms with E-state index in [2.05, 4.69) is 20.3 Å². The van der Waals surface area contributed by atoms with Crippen LogP contribution < -0.4 is 0 Å². The molecule has 1 N–H and O–H groups in total. The molecule has 2 heterocycles. The molecule has 0 aromatic carbocycles. The number of esters is 1. The third-order valence-electron chi connectivity index (χ3n) is 2.35. The molecule has 0 saturated heterocycles. The van der Waals surface area contributed by atoms with Crippen molar-refractivity contribution in [1.82, 2.24) is 10.2 Å². The van der Waals surface area contributed by atoms with Gasteiger partial charge < -0.3 is 4.74 Å². The number of hydrogen-bond donors (Lipinski definition) is 1. The van der Waals surface area contributed by atoms with Gasteiger partial charge in [-0.25, -0.2) is 0 Å². The molecule has 0 fully saturated rings. The zero-order valence-corrected chi connectivity index (χ0v) is 9.71. The van der Waals surface area contributed by atoms with Gasteiger partial charge in [0.2, 0.25) is 0 Å². The number of carbonyl (C=O) groups excluding carboxylic acids is 1. The highest BCUT2D eigenvalue weighted by atomic mass is 32.1. The zero-order valence-electron chi connectivity index (χ0n) is 8.90. The Morgan fingerprint density at radius 3 is 3.19 bits per heavy atom. The van der Waals surface area contributed by atoms with E-state index in [1.165, 1.54) is 7.11 Å². The summed E-state index contributed by atoms with van der Waals surface area (Å²) in [5.74, 6) is -0.197. The van der Waals surface area contributed by atoms with Crippen LogP contribution in [-0.4, -0.2) is 23.3 Å². The van der Waals surface area contributed by atoms with E-state index in [1.807, 2.05) is 11.4 Å². The SMILES string of the molecule is COC(=O)CCc1cn[nH]c1-c1ccsc1. The number of nitrogens with one attached hydrogen (secondary N) is 1. The molecule has 16 heavy (non-hydrogen) atoms. The number of hydrogen-bond acceptors (Lipinski definition) is 4. The number of carbonyl (C=O) groups is 1. The fourth-order valence-electron chi connectivity index (χ4n) is 1.50. The van der Waals surface area contributed by atoms with Crippen LogP contribution in [0.2, 0.25) is 0 Å². The Morgan fingerprint density at radius 2 is 2.50 bits per heavy atom. The Kier molecular flexibility index (Phi) is 3.36. The van der Waals surface area contributed by atoms with Crippen molar-refractivity contribution in [2.45, 2.75) is 12.8 Å². The summed E-state index contributed by atoms with van der Waals surface area (Å²) in [7, 11) is 1.40. The molecule has 2 aromatic rings. The fourth-order valence-corrected chi connectivity index (χ4v) is 2.14. The third-order valence-corrected chi connectivity index (χ3v) is 3.04. The smallest absolute Gasteiger partial charge is 0.305 e. The maximum absolute atomic E-state index is 11.1. The van der Waals surface area contributed by atoms with Gasteiger partial charge in [-0.15, -0.1) is 0 Å². The molecule has 0 aliphatic carbocycles. The molecule has 84 valence electrons. The van der Waals surface area contributed by atoms with Crippen LogP contribution in [0.25, 0.3) is 11.3 Å². The minimum absolute atomic E-state index is 0.197. The Hall–Kier alpha value is -1.62. The number of rotatable bonds is 4. The van der Waals surface area contributed by atoms with Crippen molar-refractivity contribution < 1.29 is 9.53 Å². The maximum atomic E-state index is 11.1. The van der Waals surface area contributed by atoms with Crippen LogP contribution in [0.4, 0.5) is 0 Å². The van der Waals surface area contributed by atoms with Gasteiger partial charge in [-0.2, -0.15) is 16.4 Å². The highest BCUT2D eigenvalue weighted by Crippen LogP contribution is 2.24. The number of aromatic amines is 1. The van der Waals surface area contributed by atoms with Crippen LogP contribution in [0, 0.1) is 0 Å². The van der Waals surface area contributed by atoms with Crippen molar-refractivity contribution in [3.8, 4) is 11.3 Å². The summed E-state index contributed by atoms with van der Waals surface area (Å²) >= 11 is 1.64. The standard InChI is InChI=1S/C11H12N2O2S/c1-15-10(14)3-2-8-6-12-13-11(8)9-4-5-16-7-9/h4-7H,2-3H2,1H3,(H,12,13).